The zero-order chi connectivity index (χ0) is 19.1. The topological polar surface area (TPSA) is 76.1 Å². The summed E-state index contributed by atoms with van der Waals surface area (Å²) >= 11 is 0. The van der Waals surface area contributed by atoms with Crippen molar-refractivity contribution in [1.82, 2.24) is 15.3 Å². The van der Waals surface area contributed by atoms with Crippen LogP contribution in [0.5, 0.6) is 5.75 Å². The number of para-hydroxylation sites is 1. The maximum atomic E-state index is 13.7. The van der Waals surface area contributed by atoms with Gasteiger partial charge in [-0.1, -0.05) is 24.3 Å². The van der Waals surface area contributed by atoms with Gasteiger partial charge in [-0.15, -0.1) is 0 Å². The first kappa shape index (κ1) is 18.3. The molecule has 0 unspecified atom stereocenters. The van der Waals surface area contributed by atoms with Gasteiger partial charge in [0.15, 0.2) is 0 Å². The molecule has 1 aromatic heterocycles. The molecule has 6 nitrogen and oxygen atoms in total. The number of aromatic nitrogens is 2. The number of benzene rings is 2. The summed E-state index contributed by atoms with van der Waals surface area (Å²) in [6.45, 7) is 0.464. The fraction of sp³-hybridized carbons (Fsp3) is 0.150. The molecule has 2 N–H and O–H groups in total. The summed E-state index contributed by atoms with van der Waals surface area (Å²) in [7, 11) is 1.62. The fourth-order valence-corrected chi connectivity index (χ4v) is 2.45. The molecule has 0 fully saturated rings. The van der Waals surface area contributed by atoms with E-state index in [-0.39, 0.29) is 17.3 Å². The van der Waals surface area contributed by atoms with E-state index in [0.717, 1.165) is 11.3 Å². The first-order valence-electron chi connectivity index (χ1n) is 8.40. The lowest BCUT2D eigenvalue weighted by molar-refractivity contribution is 0.0949. The highest BCUT2D eigenvalue weighted by atomic mass is 19.1. The molecule has 0 radical (unpaired) electrons. The smallest absolute Gasteiger partial charge is 0.270 e. The third kappa shape index (κ3) is 5.01. The Kier molecular flexibility index (Phi) is 5.94. The van der Waals surface area contributed by atoms with Crippen LogP contribution in [0.25, 0.3) is 0 Å². The number of anilines is 2. The molecule has 1 heterocycles. The minimum Gasteiger partial charge on any atom is -0.497 e. The van der Waals surface area contributed by atoms with Crippen molar-refractivity contribution in [3.63, 3.8) is 0 Å². The first-order valence-corrected chi connectivity index (χ1v) is 8.40. The highest BCUT2D eigenvalue weighted by Gasteiger charge is 2.09. The molecule has 0 atom stereocenters. The van der Waals surface area contributed by atoms with E-state index < -0.39 is 5.82 Å². The maximum absolute atomic E-state index is 13.7. The Balaban J connectivity index is 1.57. The lowest BCUT2D eigenvalue weighted by Crippen LogP contribution is -2.26. The number of nitrogens with one attached hydrogen (secondary N) is 2. The number of ether oxygens (including phenoxy) is 1. The van der Waals surface area contributed by atoms with Crippen LogP contribution >= 0.6 is 0 Å². The Morgan fingerprint density at radius 2 is 1.89 bits per heavy atom. The molecule has 27 heavy (non-hydrogen) atoms. The van der Waals surface area contributed by atoms with Crippen LogP contribution in [0.15, 0.2) is 60.9 Å². The van der Waals surface area contributed by atoms with Crippen LogP contribution in [0.3, 0.4) is 0 Å². The van der Waals surface area contributed by atoms with E-state index >= 15 is 0 Å². The standard InChI is InChI=1S/C20H19FN4O2/c1-27-15-8-6-14(7-9-15)10-11-22-20(26)18-12-19(24-13-23-18)25-17-5-3-2-4-16(17)21/h2-9,12-13H,10-11H2,1H3,(H,22,26)(H,23,24,25). The Hall–Kier alpha value is -3.48. The number of hydrogen-bond acceptors (Lipinski definition) is 5. The molecule has 2 aromatic carbocycles. The predicted octanol–water partition coefficient (Wildman–Crippen LogP) is 3.34. The second-order valence-electron chi connectivity index (χ2n) is 5.75. The Bertz CT molecular complexity index is 916. The van der Waals surface area contributed by atoms with Crippen molar-refractivity contribution in [1.29, 1.82) is 0 Å². The van der Waals surface area contributed by atoms with Gasteiger partial charge in [0.2, 0.25) is 0 Å². The van der Waals surface area contributed by atoms with Crippen LogP contribution in [0.4, 0.5) is 15.9 Å². The number of amides is 1. The van der Waals surface area contributed by atoms with E-state index in [2.05, 4.69) is 20.6 Å². The van der Waals surface area contributed by atoms with E-state index in [9.17, 15) is 9.18 Å². The van der Waals surface area contributed by atoms with Crippen molar-refractivity contribution >= 4 is 17.4 Å². The fourth-order valence-electron chi connectivity index (χ4n) is 2.45. The molecule has 0 saturated heterocycles. The molecular weight excluding hydrogens is 347 g/mol. The molecule has 3 aromatic rings. The molecule has 3 rings (SSSR count). The lowest BCUT2D eigenvalue weighted by Gasteiger charge is -2.08. The molecular formula is C20H19FN4O2. The number of carbonyl (C=O) groups excluding carboxylic acids is 1. The maximum Gasteiger partial charge on any atom is 0.270 e. The lowest BCUT2D eigenvalue weighted by atomic mass is 10.1. The second kappa shape index (κ2) is 8.75. The van der Waals surface area contributed by atoms with Gasteiger partial charge in [-0.2, -0.15) is 0 Å². The van der Waals surface area contributed by atoms with E-state index in [4.69, 9.17) is 4.74 Å². The molecule has 0 saturated carbocycles. The number of carbonyl (C=O) groups is 1. The van der Waals surface area contributed by atoms with Gasteiger partial charge in [-0.25, -0.2) is 14.4 Å². The van der Waals surface area contributed by atoms with Gasteiger partial charge < -0.3 is 15.4 Å². The third-order valence-corrected chi connectivity index (χ3v) is 3.89. The molecule has 0 aliphatic rings. The van der Waals surface area contributed by atoms with E-state index in [1.54, 1.807) is 25.3 Å². The molecule has 0 aliphatic carbocycles. The number of rotatable bonds is 7. The number of methoxy groups -OCH3 is 1. The number of nitrogens with zero attached hydrogens (tertiary/aromatic N) is 2. The zero-order valence-corrected chi connectivity index (χ0v) is 14.8. The summed E-state index contributed by atoms with van der Waals surface area (Å²) in [4.78, 5) is 20.3. The van der Waals surface area contributed by atoms with Gasteiger partial charge in [0, 0.05) is 12.6 Å². The van der Waals surface area contributed by atoms with Crippen LogP contribution in [-0.4, -0.2) is 29.5 Å². The van der Waals surface area contributed by atoms with Gasteiger partial charge in [0.1, 0.15) is 29.4 Å². The van der Waals surface area contributed by atoms with Crippen molar-refractivity contribution in [2.75, 3.05) is 19.0 Å². The van der Waals surface area contributed by atoms with Crippen molar-refractivity contribution in [3.05, 3.63) is 78.0 Å². The van der Waals surface area contributed by atoms with Crippen LogP contribution in [0.1, 0.15) is 16.1 Å². The van der Waals surface area contributed by atoms with Crippen molar-refractivity contribution in [2.24, 2.45) is 0 Å². The number of hydrogen-bond donors (Lipinski definition) is 2. The van der Waals surface area contributed by atoms with Crippen LogP contribution in [0, 0.1) is 5.82 Å². The highest BCUT2D eigenvalue weighted by Crippen LogP contribution is 2.18. The van der Waals surface area contributed by atoms with E-state index in [0.29, 0.717) is 18.8 Å². The molecule has 7 heteroatoms. The van der Waals surface area contributed by atoms with Crippen LogP contribution in [0.2, 0.25) is 0 Å². The summed E-state index contributed by atoms with van der Waals surface area (Å²) < 4.78 is 18.8. The average molecular weight is 366 g/mol. The van der Waals surface area contributed by atoms with Gasteiger partial charge in [0.25, 0.3) is 5.91 Å². The molecule has 138 valence electrons. The molecule has 1 amide bonds. The third-order valence-electron chi connectivity index (χ3n) is 3.89. The quantitative estimate of drug-likeness (QED) is 0.671. The van der Waals surface area contributed by atoms with E-state index in [1.165, 1.54) is 18.5 Å². The van der Waals surface area contributed by atoms with Crippen molar-refractivity contribution in [2.45, 2.75) is 6.42 Å². The molecule has 0 bridgehead atoms. The normalized spacial score (nSPS) is 10.3. The van der Waals surface area contributed by atoms with Crippen LogP contribution < -0.4 is 15.4 Å². The number of halogens is 1. The van der Waals surface area contributed by atoms with E-state index in [1.807, 2.05) is 24.3 Å². The minimum atomic E-state index is -0.401. The average Bonchev–Trinajstić information content (AvgIpc) is 2.70. The summed E-state index contributed by atoms with van der Waals surface area (Å²) in [6, 6.07) is 15.4. The summed E-state index contributed by atoms with van der Waals surface area (Å²) in [5, 5.41) is 5.66. The predicted molar refractivity (Wildman–Crippen MR) is 101 cm³/mol. The second-order valence-corrected chi connectivity index (χ2v) is 5.75. The van der Waals surface area contributed by atoms with Crippen LogP contribution in [-0.2, 0) is 6.42 Å². The zero-order valence-electron chi connectivity index (χ0n) is 14.8. The summed E-state index contributed by atoms with van der Waals surface area (Å²) in [5.74, 6) is 0.415. The first-order chi connectivity index (χ1) is 13.2. The van der Waals surface area contributed by atoms with Gasteiger partial charge >= 0.3 is 0 Å². The molecule has 0 aliphatic heterocycles. The Morgan fingerprint density at radius 3 is 2.63 bits per heavy atom. The van der Waals surface area contributed by atoms with Gasteiger partial charge in [-0.05, 0) is 36.2 Å². The highest BCUT2D eigenvalue weighted by molar-refractivity contribution is 5.92. The minimum absolute atomic E-state index is 0.207. The summed E-state index contributed by atoms with van der Waals surface area (Å²) in [5.41, 5.74) is 1.57. The Labute approximate surface area is 156 Å². The SMILES string of the molecule is COc1ccc(CCNC(=O)c2cc(Nc3ccccc3F)ncn2)cc1. The Morgan fingerprint density at radius 1 is 1.11 bits per heavy atom. The summed E-state index contributed by atoms with van der Waals surface area (Å²) in [6.07, 6.45) is 1.95. The van der Waals surface area contributed by atoms with Crippen molar-refractivity contribution < 1.29 is 13.9 Å². The van der Waals surface area contributed by atoms with Gasteiger partial charge in [-0.3, -0.25) is 4.79 Å². The molecule has 0 spiro atoms. The largest absolute Gasteiger partial charge is 0.497 e. The van der Waals surface area contributed by atoms with Crippen molar-refractivity contribution in [3.8, 4) is 5.75 Å². The van der Waals surface area contributed by atoms with Gasteiger partial charge in [0.05, 0.1) is 12.8 Å². The monoisotopic (exact) mass is 366 g/mol.